The van der Waals surface area contributed by atoms with E-state index in [2.05, 4.69) is 35.2 Å². The van der Waals surface area contributed by atoms with Gasteiger partial charge in [0.1, 0.15) is 5.54 Å². The summed E-state index contributed by atoms with van der Waals surface area (Å²) in [6.45, 7) is 11.0. The topological polar surface area (TPSA) is 42.3 Å². The Balaban J connectivity index is 2.13. The molecule has 0 saturated carbocycles. The molecule has 1 aliphatic heterocycles. The minimum atomic E-state index is -0.335. The van der Waals surface area contributed by atoms with Crippen LogP contribution in [-0.2, 0) is 0 Å². The summed E-state index contributed by atoms with van der Waals surface area (Å²) in [6, 6.07) is 2.43. The quantitative estimate of drug-likeness (QED) is 0.679. The van der Waals surface area contributed by atoms with Crippen molar-refractivity contribution in [3.8, 4) is 6.07 Å². The van der Waals surface area contributed by atoms with E-state index in [1.54, 1.807) is 0 Å². The summed E-state index contributed by atoms with van der Waals surface area (Å²) in [5.41, 5.74) is -0.335. The van der Waals surface area contributed by atoms with E-state index in [9.17, 15) is 5.26 Å². The number of likely N-dealkylation sites (N-methyl/N-ethyl adjacent to an activating group) is 1. The van der Waals surface area contributed by atoms with E-state index >= 15 is 0 Å². The molecule has 0 aliphatic carbocycles. The second-order valence-electron chi connectivity index (χ2n) is 5.97. The third-order valence-corrected chi connectivity index (χ3v) is 4.01. The lowest BCUT2D eigenvalue weighted by Crippen LogP contribution is -2.45. The lowest BCUT2D eigenvalue weighted by molar-refractivity contribution is 0.151. The van der Waals surface area contributed by atoms with Crippen LogP contribution in [0.5, 0.6) is 0 Å². The molecular formula is C15H30N4. The van der Waals surface area contributed by atoms with Gasteiger partial charge in [-0.05, 0) is 52.7 Å². The van der Waals surface area contributed by atoms with Gasteiger partial charge in [0.15, 0.2) is 0 Å². The Hall–Kier alpha value is -0.630. The summed E-state index contributed by atoms with van der Waals surface area (Å²) < 4.78 is 0. The van der Waals surface area contributed by atoms with Crippen molar-refractivity contribution < 1.29 is 0 Å². The van der Waals surface area contributed by atoms with Crippen molar-refractivity contribution in [2.45, 2.75) is 45.1 Å². The van der Waals surface area contributed by atoms with Crippen LogP contribution in [0.1, 0.15) is 39.5 Å². The molecule has 0 aromatic carbocycles. The van der Waals surface area contributed by atoms with Gasteiger partial charge in [0.25, 0.3) is 0 Å². The van der Waals surface area contributed by atoms with Crippen molar-refractivity contribution in [2.75, 3.05) is 46.3 Å². The minimum Gasteiger partial charge on any atom is -0.304 e. The Morgan fingerprint density at radius 2 is 1.89 bits per heavy atom. The highest BCUT2D eigenvalue weighted by Gasteiger charge is 2.22. The molecule has 0 radical (unpaired) electrons. The Bertz CT molecular complexity index is 278. The van der Waals surface area contributed by atoms with E-state index in [0.717, 1.165) is 25.8 Å². The number of piperazine rings is 1. The molecule has 1 N–H and O–H groups in total. The molecule has 0 spiro atoms. The van der Waals surface area contributed by atoms with Gasteiger partial charge in [-0.15, -0.1) is 0 Å². The van der Waals surface area contributed by atoms with Gasteiger partial charge in [0, 0.05) is 26.2 Å². The summed E-state index contributed by atoms with van der Waals surface area (Å²) in [5, 5.41) is 12.6. The zero-order valence-electron chi connectivity index (χ0n) is 12.9. The number of hydrogen-bond donors (Lipinski definition) is 1. The highest BCUT2D eigenvalue weighted by atomic mass is 15.2. The Kier molecular flexibility index (Phi) is 7.37. The lowest BCUT2D eigenvalue weighted by atomic mass is 9.96. The van der Waals surface area contributed by atoms with Crippen LogP contribution in [0.25, 0.3) is 0 Å². The largest absolute Gasteiger partial charge is 0.304 e. The third-order valence-electron chi connectivity index (χ3n) is 4.01. The maximum absolute atomic E-state index is 9.26. The molecular weight excluding hydrogens is 236 g/mol. The number of nitrogens with one attached hydrogen (secondary N) is 1. The standard InChI is InChI=1S/C15H30N4/c1-4-8-17-15(2,14-16)7-5-6-9-19-12-10-18(3)11-13-19/h17H,4-13H2,1-3H3. The normalized spacial score (nSPS) is 20.9. The van der Waals surface area contributed by atoms with E-state index in [-0.39, 0.29) is 5.54 Å². The molecule has 0 amide bonds. The van der Waals surface area contributed by atoms with Crippen LogP contribution < -0.4 is 5.32 Å². The van der Waals surface area contributed by atoms with E-state index in [4.69, 9.17) is 0 Å². The fourth-order valence-electron chi connectivity index (χ4n) is 2.47. The number of rotatable bonds is 8. The van der Waals surface area contributed by atoms with Crippen molar-refractivity contribution in [3.05, 3.63) is 0 Å². The Morgan fingerprint density at radius 3 is 2.47 bits per heavy atom. The maximum atomic E-state index is 9.26. The van der Waals surface area contributed by atoms with E-state index < -0.39 is 0 Å². The summed E-state index contributed by atoms with van der Waals surface area (Å²) in [5.74, 6) is 0. The van der Waals surface area contributed by atoms with Crippen molar-refractivity contribution in [3.63, 3.8) is 0 Å². The van der Waals surface area contributed by atoms with Crippen LogP contribution in [0.4, 0.5) is 0 Å². The maximum Gasteiger partial charge on any atom is 0.103 e. The molecule has 1 saturated heterocycles. The Morgan fingerprint density at radius 1 is 1.21 bits per heavy atom. The van der Waals surface area contributed by atoms with Gasteiger partial charge in [-0.1, -0.05) is 6.92 Å². The second-order valence-corrected chi connectivity index (χ2v) is 5.97. The molecule has 1 atom stereocenters. The molecule has 110 valence electrons. The van der Waals surface area contributed by atoms with Gasteiger partial charge in [0.2, 0.25) is 0 Å². The van der Waals surface area contributed by atoms with Gasteiger partial charge in [-0.3, -0.25) is 5.32 Å². The van der Waals surface area contributed by atoms with Gasteiger partial charge >= 0.3 is 0 Å². The van der Waals surface area contributed by atoms with Crippen molar-refractivity contribution >= 4 is 0 Å². The summed E-state index contributed by atoms with van der Waals surface area (Å²) in [6.07, 6.45) is 4.37. The summed E-state index contributed by atoms with van der Waals surface area (Å²) in [7, 11) is 2.19. The average Bonchev–Trinajstić information content (AvgIpc) is 2.43. The molecule has 0 aromatic rings. The summed E-state index contributed by atoms with van der Waals surface area (Å²) >= 11 is 0. The van der Waals surface area contributed by atoms with Crippen molar-refractivity contribution in [1.29, 1.82) is 5.26 Å². The fraction of sp³-hybridized carbons (Fsp3) is 0.933. The molecule has 1 unspecified atom stereocenters. The SMILES string of the molecule is CCCNC(C)(C#N)CCCCN1CCN(C)CC1. The van der Waals surface area contributed by atoms with Crippen molar-refractivity contribution in [2.24, 2.45) is 0 Å². The zero-order chi connectivity index (χ0) is 14.1. The van der Waals surface area contributed by atoms with Crippen molar-refractivity contribution in [1.82, 2.24) is 15.1 Å². The van der Waals surface area contributed by atoms with Gasteiger partial charge in [-0.25, -0.2) is 0 Å². The molecule has 4 nitrogen and oxygen atoms in total. The van der Waals surface area contributed by atoms with Gasteiger partial charge < -0.3 is 9.80 Å². The molecule has 1 fully saturated rings. The first-order valence-corrected chi connectivity index (χ1v) is 7.67. The predicted octanol–water partition coefficient (Wildman–Crippen LogP) is 1.69. The average molecular weight is 266 g/mol. The Labute approximate surface area is 118 Å². The van der Waals surface area contributed by atoms with Gasteiger partial charge in [0.05, 0.1) is 6.07 Å². The van der Waals surface area contributed by atoms with Crippen LogP contribution in [0.2, 0.25) is 0 Å². The number of nitrogens with zero attached hydrogens (tertiary/aromatic N) is 3. The smallest absolute Gasteiger partial charge is 0.103 e. The predicted molar refractivity (Wildman–Crippen MR) is 80.1 cm³/mol. The first-order chi connectivity index (χ1) is 9.09. The first-order valence-electron chi connectivity index (χ1n) is 7.67. The molecule has 4 heteroatoms. The van der Waals surface area contributed by atoms with Crippen LogP contribution >= 0.6 is 0 Å². The fourth-order valence-corrected chi connectivity index (χ4v) is 2.47. The number of unbranched alkanes of at least 4 members (excludes halogenated alkanes) is 1. The number of nitriles is 1. The highest BCUT2D eigenvalue weighted by molar-refractivity contribution is 5.03. The molecule has 1 aliphatic rings. The van der Waals surface area contributed by atoms with E-state index in [0.29, 0.717) is 0 Å². The van der Waals surface area contributed by atoms with E-state index in [1.165, 1.54) is 39.1 Å². The molecule has 19 heavy (non-hydrogen) atoms. The van der Waals surface area contributed by atoms with Gasteiger partial charge in [-0.2, -0.15) is 5.26 Å². The van der Waals surface area contributed by atoms with Crippen LogP contribution in [0, 0.1) is 11.3 Å². The van der Waals surface area contributed by atoms with Crippen LogP contribution in [0.3, 0.4) is 0 Å². The molecule has 0 bridgehead atoms. The monoisotopic (exact) mass is 266 g/mol. The molecule has 1 heterocycles. The lowest BCUT2D eigenvalue weighted by Gasteiger charge is -2.32. The molecule has 0 aromatic heterocycles. The first kappa shape index (κ1) is 16.4. The van der Waals surface area contributed by atoms with Crippen LogP contribution in [0.15, 0.2) is 0 Å². The minimum absolute atomic E-state index is 0.335. The van der Waals surface area contributed by atoms with Crippen LogP contribution in [-0.4, -0.2) is 61.7 Å². The third kappa shape index (κ3) is 6.38. The highest BCUT2D eigenvalue weighted by Crippen LogP contribution is 2.13. The van der Waals surface area contributed by atoms with E-state index in [1.807, 2.05) is 6.92 Å². The zero-order valence-corrected chi connectivity index (χ0v) is 12.9. The number of hydrogen-bond acceptors (Lipinski definition) is 4. The molecule has 1 rings (SSSR count). The second kappa shape index (κ2) is 8.52. The summed E-state index contributed by atoms with van der Waals surface area (Å²) in [4.78, 5) is 4.93.